The van der Waals surface area contributed by atoms with Gasteiger partial charge in [-0.15, -0.1) is 11.6 Å². The monoisotopic (exact) mass is 1420 g/mol. The van der Waals surface area contributed by atoms with Crippen molar-refractivity contribution in [3.63, 3.8) is 0 Å². The van der Waals surface area contributed by atoms with Crippen LogP contribution in [0, 0.1) is 0 Å². The van der Waals surface area contributed by atoms with Gasteiger partial charge in [-0.25, -0.2) is 0 Å². The van der Waals surface area contributed by atoms with Crippen molar-refractivity contribution >= 4 is 62.1 Å². The molecule has 12 rings (SSSR count). The predicted octanol–water partition coefficient (Wildman–Crippen LogP) is 11.2. The van der Waals surface area contributed by atoms with E-state index in [1.165, 1.54) is 61.2 Å². The number of halogens is 3. The number of phenols is 1. The van der Waals surface area contributed by atoms with Gasteiger partial charge < -0.3 is 21.4 Å². The van der Waals surface area contributed by atoms with Gasteiger partial charge in [-0.05, 0) is 138 Å². The van der Waals surface area contributed by atoms with Crippen LogP contribution in [0.15, 0.2) is 265 Å². The molecule has 79 heavy (non-hydrogen) atoms. The first-order chi connectivity index (χ1) is 37.7. The van der Waals surface area contributed by atoms with E-state index in [1.54, 1.807) is 12.1 Å². The first-order valence-electron chi connectivity index (χ1n) is 24.8. The molecule has 2 unspecified atom stereocenters. The summed E-state index contributed by atoms with van der Waals surface area (Å²) in [6, 6.07) is 84.6. The molecule has 1 N–H and O–H groups in total. The van der Waals surface area contributed by atoms with Crippen LogP contribution in [0.4, 0.5) is 0 Å². The van der Waals surface area contributed by atoms with Gasteiger partial charge in [-0.3, -0.25) is 4.79 Å². The molecule has 0 fully saturated rings. The van der Waals surface area contributed by atoms with Crippen LogP contribution >= 0.6 is 43.5 Å². The van der Waals surface area contributed by atoms with Crippen LogP contribution in [0.2, 0.25) is 0 Å². The van der Waals surface area contributed by atoms with Crippen molar-refractivity contribution in [1.82, 2.24) is 0 Å². The van der Waals surface area contributed by atoms with E-state index < -0.39 is 10.8 Å². The average molecular weight is 1420 g/mol. The normalized spacial score (nSPS) is 14.5. The van der Waals surface area contributed by atoms with E-state index in [9.17, 15) is 5.11 Å². The van der Waals surface area contributed by atoms with Gasteiger partial charge in [0.05, 0.1) is 10.8 Å². The van der Waals surface area contributed by atoms with E-state index in [4.69, 9.17) is 26.4 Å². The van der Waals surface area contributed by atoms with Gasteiger partial charge in [0.2, 0.25) is 0 Å². The smallest absolute Gasteiger partial charge is 1.00 e. The van der Waals surface area contributed by atoms with Crippen molar-refractivity contribution in [2.75, 3.05) is 0 Å². The number of fused-ring (bicyclic) bond motifs is 6. The molecule has 2 atom stereocenters. The Balaban J connectivity index is 0.000000206. The number of aromatic hydroxyl groups is 1. The van der Waals surface area contributed by atoms with Gasteiger partial charge in [0.15, 0.2) is 0 Å². The van der Waals surface area contributed by atoms with E-state index in [-0.39, 0.29) is 151 Å². The van der Waals surface area contributed by atoms with Crippen LogP contribution in [-0.2, 0) is 33.0 Å². The summed E-state index contributed by atoms with van der Waals surface area (Å²) in [5, 5.41) is 18.3. The third-order valence-corrected chi connectivity index (χ3v) is 15.3. The summed E-state index contributed by atoms with van der Waals surface area (Å²) >= 11 is 13.0. The molecule has 2 aliphatic rings. The number of rotatable bonds is 11. The third-order valence-electron chi connectivity index (χ3n) is 14.0. The summed E-state index contributed by atoms with van der Waals surface area (Å²) < 4.78 is 8.29. The average Bonchev–Trinajstić information content (AvgIpc) is 4.19. The Morgan fingerprint density at radius 2 is 0.848 bits per heavy atom. The minimum Gasteiger partial charge on any atom is -1.00 e. The number of benzene rings is 10. The van der Waals surface area contributed by atoms with Crippen LogP contribution < -0.4 is 148 Å². The standard InChI is InChI=1S/C34H25BrO.C25H17BrO.C9H9Cl.CH2O3.2Cs.H/c1-2-24-12-14-25(15-13-24)23-36-29-19-16-27(17-20-29)34(26-8-4-3-5-9-26)32-11-7-6-10-30(32)31-21-18-28(35)22-33(31)34;26-19-12-15-22-21-8-4-5-9-23(21)25(24(22)16-19,17-6-2-1-3-7-17)18-10-13-20(27)14-11-18;1-2-8-3-5-9(7-10)6-4-8;2-1-4-3;;;/h2-22H,1,23H2;1-16,27H;2-6H,1,7H2;1,3H;;;/q;;;;2*+1;-1/p-1. The van der Waals surface area contributed by atoms with Crippen molar-refractivity contribution in [3.05, 3.63) is 332 Å². The molecule has 10 heteroatoms. The Kier molecular flexibility index (Phi) is 23.7. The number of ether oxygens (including phenoxy) is 1. The van der Waals surface area contributed by atoms with E-state index >= 15 is 0 Å². The Labute approximate surface area is 604 Å². The minimum atomic E-state index is -0.412. The molecule has 0 heterocycles. The summed E-state index contributed by atoms with van der Waals surface area (Å²) in [6.07, 6.45) is 3.67. The first kappa shape index (κ1) is 62.7. The molecular weight excluding hydrogens is 1370 g/mol. The maximum absolute atomic E-state index is 9.88. The molecule has 0 saturated carbocycles. The summed E-state index contributed by atoms with van der Waals surface area (Å²) in [5.74, 6) is 1.72. The number of alkyl halides is 1. The molecule has 0 bridgehead atoms. The number of hydrogen-bond donors (Lipinski definition) is 1. The van der Waals surface area contributed by atoms with Crippen LogP contribution in [0.5, 0.6) is 11.5 Å². The van der Waals surface area contributed by atoms with E-state index in [2.05, 4.69) is 244 Å². The maximum atomic E-state index is 9.88. The molecule has 5 nitrogen and oxygen atoms in total. The fourth-order valence-electron chi connectivity index (χ4n) is 10.6. The van der Waals surface area contributed by atoms with E-state index in [1.807, 2.05) is 48.6 Å². The summed E-state index contributed by atoms with van der Waals surface area (Å²) in [6.45, 7) is 7.82. The molecule has 382 valence electrons. The first-order valence-corrected chi connectivity index (χ1v) is 27.0. The van der Waals surface area contributed by atoms with Crippen molar-refractivity contribution < 1.29 is 164 Å². The van der Waals surface area contributed by atoms with Gasteiger partial charge in [0.25, 0.3) is 6.47 Å². The Bertz CT molecular complexity index is 3650. The van der Waals surface area contributed by atoms with Crippen LogP contribution in [0.3, 0.4) is 0 Å². The Hall–Kier alpha value is -3.94. The van der Waals surface area contributed by atoms with E-state index in [0.717, 1.165) is 42.5 Å². The molecule has 0 aromatic heterocycles. The molecule has 10 aromatic rings. The quantitative estimate of drug-likeness (QED) is 0.0604. The van der Waals surface area contributed by atoms with Crippen molar-refractivity contribution in [3.8, 4) is 33.8 Å². The molecule has 0 saturated heterocycles. The third kappa shape index (κ3) is 13.6. The van der Waals surface area contributed by atoms with Gasteiger partial charge in [-0.1, -0.05) is 251 Å². The van der Waals surface area contributed by atoms with Crippen LogP contribution in [-0.4, -0.2) is 11.6 Å². The van der Waals surface area contributed by atoms with Gasteiger partial charge in [-0.2, -0.15) is 0 Å². The molecule has 0 spiro atoms. The Morgan fingerprint density at radius 3 is 1.25 bits per heavy atom. The SMILES string of the molecule is C=Cc1ccc(CCl)cc1.C=Cc1ccc(COc2ccc(C3(c4ccccc4)c4ccccc4-c4ccc(Br)cc43)cc2)cc1.O=CO[O-].Oc1ccc(C2(c3ccccc3)c3ccccc3-c3ccc(Br)cc32)cc1.[Cs+].[Cs+].[H-]. The maximum Gasteiger partial charge on any atom is 1.00 e. The zero-order valence-corrected chi connectivity index (χ0v) is 60.4. The summed E-state index contributed by atoms with van der Waals surface area (Å²) in [7, 11) is 0. The zero-order valence-electron chi connectivity index (χ0n) is 44.9. The van der Waals surface area contributed by atoms with Crippen molar-refractivity contribution in [2.24, 2.45) is 0 Å². The fraction of sp³-hybridized carbons (Fsp3) is 0.0580. The van der Waals surface area contributed by atoms with Crippen molar-refractivity contribution in [1.29, 1.82) is 0 Å². The zero-order chi connectivity index (χ0) is 53.8. The topological polar surface area (TPSA) is 78.8 Å². The second kappa shape index (κ2) is 29.9. The molecule has 0 radical (unpaired) electrons. The minimum absolute atomic E-state index is 0. The molecule has 2 aliphatic carbocycles. The second-order valence-electron chi connectivity index (χ2n) is 18.3. The van der Waals surface area contributed by atoms with Gasteiger partial charge >= 0.3 is 138 Å². The summed E-state index contributed by atoms with van der Waals surface area (Å²) in [5.41, 5.74) is 18.8. The largest absolute Gasteiger partial charge is 1.00 e. The van der Waals surface area contributed by atoms with Crippen LogP contribution in [0.25, 0.3) is 34.4 Å². The molecule has 0 aliphatic heterocycles. The van der Waals surface area contributed by atoms with Gasteiger partial charge in [0.1, 0.15) is 18.1 Å². The predicted molar refractivity (Wildman–Crippen MR) is 320 cm³/mol. The number of carbonyl (C=O) groups is 1. The summed E-state index contributed by atoms with van der Waals surface area (Å²) in [4.78, 5) is 11.2. The number of carbonyl (C=O) groups excluding carboxylic acids is 1. The number of hydrogen-bond acceptors (Lipinski definition) is 5. The Morgan fingerprint density at radius 1 is 0.481 bits per heavy atom. The number of phenolic OH excluding ortho intramolecular Hbond substituents is 1. The molecule has 10 aromatic carbocycles. The van der Waals surface area contributed by atoms with E-state index in [0.29, 0.717) is 12.5 Å². The van der Waals surface area contributed by atoms with Gasteiger partial charge in [0, 0.05) is 14.8 Å². The second-order valence-corrected chi connectivity index (χ2v) is 20.4. The molecular formula is C69H53Br2ClCs2O5. The fourth-order valence-corrected chi connectivity index (χ4v) is 11.5. The van der Waals surface area contributed by atoms with Crippen LogP contribution in [0.1, 0.15) is 68.2 Å². The van der Waals surface area contributed by atoms with Crippen molar-refractivity contribution in [2.45, 2.75) is 23.3 Å². The molecule has 0 amide bonds.